The van der Waals surface area contributed by atoms with E-state index in [2.05, 4.69) is 20.1 Å². The molecule has 0 heterocycles. The van der Waals surface area contributed by atoms with Crippen LogP contribution < -0.4 is 0 Å². The first-order valence-electron chi connectivity index (χ1n) is 3.07. The molecular weight excluding hydrogens is 96.1 g/mol. The molecule has 1 aliphatic carbocycles. The van der Waals surface area contributed by atoms with Crippen molar-refractivity contribution < 1.29 is 0 Å². The van der Waals surface area contributed by atoms with Crippen molar-refractivity contribution in [1.29, 1.82) is 0 Å². The third-order valence-corrected chi connectivity index (χ3v) is 1.99. The smallest absolute Gasteiger partial charge is 0.00266 e. The molecule has 8 heavy (non-hydrogen) atoms. The van der Waals surface area contributed by atoms with Gasteiger partial charge in [-0.2, -0.15) is 0 Å². The Kier molecular flexibility index (Phi) is 1.24. The molecule has 0 bridgehead atoms. The van der Waals surface area contributed by atoms with Crippen LogP contribution in [0.2, 0.25) is 0 Å². The summed E-state index contributed by atoms with van der Waals surface area (Å²) in [4.78, 5) is 0. The Hall–Kier alpha value is -0.520. The third-order valence-electron chi connectivity index (χ3n) is 1.99. The molecule has 0 radical (unpaired) electrons. The van der Waals surface area contributed by atoms with Gasteiger partial charge in [0, 0.05) is 0 Å². The van der Waals surface area contributed by atoms with Crippen molar-refractivity contribution in [2.45, 2.75) is 19.8 Å². The molecule has 0 atom stereocenters. The monoisotopic (exact) mass is 108 g/mol. The molecule has 0 spiro atoms. The summed E-state index contributed by atoms with van der Waals surface area (Å²) < 4.78 is 0. The summed E-state index contributed by atoms with van der Waals surface area (Å²) in [7, 11) is 0. The minimum absolute atomic E-state index is 0.593. The van der Waals surface area contributed by atoms with E-state index >= 15 is 0 Å². The fraction of sp³-hybridized carbons (Fsp3) is 0.500. The first-order valence-corrected chi connectivity index (χ1v) is 3.07. The zero-order valence-corrected chi connectivity index (χ0v) is 5.41. The Morgan fingerprint density at radius 1 is 1.25 bits per heavy atom. The van der Waals surface area contributed by atoms with E-state index in [9.17, 15) is 0 Å². The van der Waals surface area contributed by atoms with Crippen molar-refractivity contribution in [3.8, 4) is 0 Å². The number of hydrogen-bond acceptors (Lipinski definition) is 0. The molecule has 0 aliphatic heterocycles. The SMILES string of the molecule is C=C1CCC(=C)C1C. The van der Waals surface area contributed by atoms with E-state index in [4.69, 9.17) is 0 Å². The largest absolute Gasteiger partial charge is 0.0993 e. The number of rotatable bonds is 0. The highest BCUT2D eigenvalue weighted by Gasteiger charge is 2.16. The van der Waals surface area contributed by atoms with Crippen molar-refractivity contribution in [1.82, 2.24) is 0 Å². The molecular formula is C8H12. The highest BCUT2D eigenvalue weighted by molar-refractivity contribution is 5.22. The lowest BCUT2D eigenvalue weighted by atomic mass is 10.0. The van der Waals surface area contributed by atoms with E-state index in [1.165, 1.54) is 24.0 Å². The molecule has 44 valence electrons. The topological polar surface area (TPSA) is 0 Å². The van der Waals surface area contributed by atoms with E-state index in [1.54, 1.807) is 0 Å². The third kappa shape index (κ3) is 0.706. The molecule has 0 aromatic heterocycles. The van der Waals surface area contributed by atoms with Crippen molar-refractivity contribution in [2.24, 2.45) is 5.92 Å². The molecule has 1 fully saturated rings. The van der Waals surface area contributed by atoms with Gasteiger partial charge in [-0.1, -0.05) is 31.2 Å². The molecule has 1 saturated carbocycles. The van der Waals surface area contributed by atoms with E-state index in [0.717, 1.165) is 0 Å². The number of hydrogen-bond donors (Lipinski definition) is 0. The lowest BCUT2D eigenvalue weighted by Gasteiger charge is -2.01. The molecule has 1 rings (SSSR count). The van der Waals surface area contributed by atoms with E-state index in [-0.39, 0.29) is 0 Å². The second-order valence-corrected chi connectivity index (χ2v) is 2.54. The van der Waals surface area contributed by atoms with Crippen LogP contribution in [0.1, 0.15) is 19.8 Å². The zero-order chi connectivity index (χ0) is 6.15. The van der Waals surface area contributed by atoms with Crippen LogP contribution in [0.3, 0.4) is 0 Å². The van der Waals surface area contributed by atoms with Crippen molar-refractivity contribution in [3.63, 3.8) is 0 Å². The predicted molar refractivity (Wildman–Crippen MR) is 36.7 cm³/mol. The zero-order valence-electron chi connectivity index (χ0n) is 5.41. The van der Waals surface area contributed by atoms with Gasteiger partial charge in [-0.05, 0) is 18.8 Å². The molecule has 0 nitrogen and oxygen atoms in total. The quantitative estimate of drug-likeness (QED) is 0.418. The molecule has 0 saturated heterocycles. The van der Waals surface area contributed by atoms with Gasteiger partial charge in [-0.15, -0.1) is 0 Å². The Bertz CT molecular complexity index is 115. The normalized spacial score (nSPS) is 22.6. The summed E-state index contributed by atoms with van der Waals surface area (Å²) in [6, 6.07) is 0. The fourth-order valence-electron chi connectivity index (χ4n) is 1.04. The van der Waals surface area contributed by atoms with Gasteiger partial charge in [0.2, 0.25) is 0 Å². The summed E-state index contributed by atoms with van der Waals surface area (Å²) in [5.41, 5.74) is 2.71. The van der Waals surface area contributed by atoms with Gasteiger partial charge >= 0.3 is 0 Å². The van der Waals surface area contributed by atoms with Gasteiger partial charge in [0.1, 0.15) is 0 Å². The maximum Gasteiger partial charge on any atom is -0.00266 e. The summed E-state index contributed by atoms with van der Waals surface area (Å²) >= 11 is 0. The van der Waals surface area contributed by atoms with Crippen LogP contribution in [0.5, 0.6) is 0 Å². The fourth-order valence-corrected chi connectivity index (χ4v) is 1.04. The maximum absolute atomic E-state index is 3.92. The van der Waals surface area contributed by atoms with Crippen molar-refractivity contribution >= 4 is 0 Å². The highest BCUT2D eigenvalue weighted by Crippen LogP contribution is 2.32. The van der Waals surface area contributed by atoms with Crippen LogP contribution in [-0.2, 0) is 0 Å². The first kappa shape index (κ1) is 5.61. The lowest BCUT2D eigenvalue weighted by Crippen LogP contribution is -1.87. The average Bonchev–Trinajstić information content (AvgIpc) is 1.98. The second-order valence-electron chi connectivity index (χ2n) is 2.54. The van der Waals surface area contributed by atoms with Crippen LogP contribution in [0, 0.1) is 5.92 Å². The Morgan fingerprint density at radius 2 is 1.62 bits per heavy atom. The van der Waals surface area contributed by atoms with Gasteiger partial charge in [0.05, 0.1) is 0 Å². The van der Waals surface area contributed by atoms with E-state index in [1.807, 2.05) is 0 Å². The standard InChI is InChI=1S/C8H12/c1-6-4-5-7(2)8(6)3/h8H,1-2,4-5H2,3H3. The molecule has 0 heteroatoms. The predicted octanol–water partition coefficient (Wildman–Crippen LogP) is 2.53. The van der Waals surface area contributed by atoms with Gasteiger partial charge in [0.25, 0.3) is 0 Å². The van der Waals surface area contributed by atoms with Gasteiger partial charge in [-0.3, -0.25) is 0 Å². The lowest BCUT2D eigenvalue weighted by molar-refractivity contribution is 0.864. The maximum atomic E-state index is 3.92. The summed E-state index contributed by atoms with van der Waals surface area (Å²) in [6.45, 7) is 10.0. The first-order chi connectivity index (χ1) is 3.72. The van der Waals surface area contributed by atoms with Crippen molar-refractivity contribution in [3.05, 3.63) is 24.3 Å². The molecule has 0 aromatic carbocycles. The van der Waals surface area contributed by atoms with Crippen LogP contribution in [-0.4, -0.2) is 0 Å². The Balaban J connectivity index is 2.70. The molecule has 0 amide bonds. The number of allylic oxidation sites excluding steroid dienone is 2. The van der Waals surface area contributed by atoms with Crippen LogP contribution in [0.25, 0.3) is 0 Å². The van der Waals surface area contributed by atoms with E-state index < -0.39 is 0 Å². The van der Waals surface area contributed by atoms with E-state index in [0.29, 0.717) is 5.92 Å². The minimum atomic E-state index is 0.593. The summed E-state index contributed by atoms with van der Waals surface area (Å²) in [5.74, 6) is 0.593. The van der Waals surface area contributed by atoms with Gasteiger partial charge < -0.3 is 0 Å². The molecule has 1 aliphatic rings. The van der Waals surface area contributed by atoms with Crippen LogP contribution in [0.15, 0.2) is 24.3 Å². The summed E-state index contributed by atoms with van der Waals surface area (Å²) in [5, 5.41) is 0. The highest BCUT2D eigenvalue weighted by atomic mass is 14.2. The van der Waals surface area contributed by atoms with Gasteiger partial charge in [-0.25, -0.2) is 0 Å². The minimum Gasteiger partial charge on any atom is -0.0993 e. The Labute approximate surface area is 50.9 Å². The molecule has 0 unspecified atom stereocenters. The second kappa shape index (κ2) is 1.77. The van der Waals surface area contributed by atoms with Crippen molar-refractivity contribution in [2.75, 3.05) is 0 Å². The Morgan fingerprint density at radius 3 is 1.75 bits per heavy atom. The van der Waals surface area contributed by atoms with Gasteiger partial charge in [0.15, 0.2) is 0 Å². The molecule has 0 aromatic rings. The molecule has 0 N–H and O–H groups in total. The van der Waals surface area contributed by atoms with Crippen LogP contribution >= 0.6 is 0 Å². The summed E-state index contributed by atoms with van der Waals surface area (Å²) in [6.07, 6.45) is 2.33. The van der Waals surface area contributed by atoms with Crippen LogP contribution in [0.4, 0.5) is 0 Å². The average molecular weight is 108 g/mol.